The molecule has 0 bridgehead atoms. The van der Waals surface area contributed by atoms with Gasteiger partial charge in [-0.05, 0) is 29.8 Å². The van der Waals surface area contributed by atoms with Crippen LogP contribution in [-0.4, -0.2) is 17.1 Å². The highest BCUT2D eigenvalue weighted by Crippen LogP contribution is 2.27. The Morgan fingerprint density at radius 2 is 1.92 bits per heavy atom. The Kier molecular flexibility index (Phi) is 5.93. The molecule has 0 aliphatic rings. The van der Waals surface area contributed by atoms with Crippen LogP contribution < -0.4 is 10.7 Å². The second kappa shape index (κ2) is 8.55. The van der Waals surface area contributed by atoms with Crippen LogP contribution in [0.2, 0.25) is 5.15 Å². The molecule has 0 saturated carbocycles. The molecule has 0 aliphatic heterocycles. The van der Waals surface area contributed by atoms with E-state index in [2.05, 4.69) is 20.8 Å². The van der Waals surface area contributed by atoms with Crippen molar-refractivity contribution in [3.63, 3.8) is 0 Å². The van der Waals surface area contributed by atoms with Crippen LogP contribution in [0.5, 0.6) is 0 Å². The molecule has 132 valence electrons. The van der Waals surface area contributed by atoms with E-state index in [4.69, 9.17) is 11.6 Å². The van der Waals surface area contributed by atoms with E-state index in [1.165, 1.54) is 29.7 Å². The minimum absolute atomic E-state index is 0.106. The SMILES string of the molecule is O=C(Cc1ccc(F)cc1)N/N=C/c1sc(Nc2ccccc2)nc1Cl. The first-order chi connectivity index (χ1) is 12.6. The van der Waals surface area contributed by atoms with Crippen LogP contribution in [0, 0.1) is 5.82 Å². The van der Waals surface area contributed by atoms with E-state index >= 15 is 0 Å². The van der Waals surface area contributed by atoms with E-state index in [0.29, 0.717) is 20.7 Å². The quantitative estimate of drug-likeness (QED) is 0.486. The number of hydrogen-bond acceptors (Lipinski definition) is 5. The normalized spacial score (nSPS) is 10.8. The molecule has 0 aliphatic carbocycles. The number of amides is 1. The molecular formula is C18H14ClFN4OS. The van der Waals surface area contributed by atoms with E-state index in [1.807, 2.05) is 30.3 Å². The van der Waals surface area contributed by atoms with Gasteiger partial charge in [-0.2, -0.15) is 5.10 Å². The standard InChI is InChI=1S/C18H14ClFN4OS/c19-17-15(26-18(23-17)22-14-4-2-1-3-5-14)11-21-24-16(25)10-12-6-8-13(20)9-7-12/h1-9,11H,10H2,(H,22,23)(H,24,25)/b21-11+. The summed E-state index contributed by atoms with van der Waals surface area (Å²) in [5, 5.41) is 7.96. The third-order valence-electron chi connectivity index (χ3n) is 3.28. The van der Waals surface area contributed by atoms with Crippen LogP contribution in [0.3, 0.4) is 0 Å². The monoisotopic (exact) mass is 388 g/mol. The Labute approximate surface area is 158 Å². The van der Waals surface area contributed by atoms with Gasteiger partial charge in [0.25, 0.3) is 0 Å². The lowest BCUT2D eigenvalue weighted by atomic mass is 10.1. The number of hydrogen-bond donors (Lipinski definition) is 2. The summed E-state index contributed by atoms with van der Waals surface area (Å²) in [7, 11) is 0. The van der Waals surface area contributed by atoms with Crippen molar-refractivity contribution in [2.75, 3.05) is 5.32 Å². The molecule has 3 rings (SSSR count). The van der Waals surface area contributed by atoms with Crippen molar-refractivity contribution in [1.82, 2.24) is 10.4 Å². The predicted octanol–water partition coefficient (Wildman–Crippen LogP) is 4.37. The van der Waals surface area contributed by atoms with Gasteiger partial charge in [0.15, 0.2) is 10.3 Å². The first-order valence-electron chi connectivity index (χ1n) is 7.65. The molecule has 0 fully saturated rings. The van der Waals surface area contributed by atoms with Gasteiger partial charge in [-0.15, -0.1) is 0 Å². The average Bonchev–Trinajstić information content (AvgIpc) is 2.97. The van der Waals surface area contributed by atoms with Gasteiger partial charge in [0, 0.05) is 5.69 Å². The number of carbonyl (C=O) groups is 1. The van der Waals surface area contributed by atoms with Crippen molar-refractivity contribution >= 4 is 45.9 Å². The van der Waals surface area contributed by atoms with Gasteiger partial charge in [0.1, 0.15) is 5.82 Å². The summed E-state index contributed by atoms with van der Waals surface area (Å²) in [4.78, 5) is 16.7. The molecular weight excluding hydrogens is 375 g/mol. The number of aromatic nitrogens is 1. The number of nitrogens with one attached hydrogen (secondary N) is 2. The highest BCUT2D eigenvalue weighted by atomic mass is 35.5. The number of carbonyl (C=O) groups excluding carboxylic acids is 1. The van der Waals surface area contributed by atoms with Crippen molar-refractivity contribution in [1.29, 1.82) is 0 Å². The molecule has 0 saturated heterocycles. The van der Waals surface area contributed by atoms with Crippen molar-refractivity contribution in [2.45, 2.75) is 6.42 Å². The second-order valence-electron chi connectivity index (χ2n) is 5.26. The third kappa shape index (κ3) is 5.11. The Bertz CT molecular complexity index is 913. The van der Waals surface area contributed by atoms with Crippen LogP contribution in [0.15, 0.2) is 59.7 Å². The first-order valence-corrected chi connectivity index (χ1v) is 8.84. The van der Waals surface area contributed by atoms with E-state index in [9.17, 15) is 9.18 Å². The zero-order valence-corrected chi connectivity index (χ0v) is 15.0. The number of nitrogens with zero attached hydrogens (tertiary/aromatic N) is 2. The molecule has 1 amide bonds. The Morgan fingerprint density at radius 3 is 2.65 bits per heavy atom. The lowest BCUT2D eigenvalue weighted by Crippen LogP contribution is -2.19. The number of thiazole rings is 1. The van der Waals surface area contributed by atoms with Crippen LogP contribution in [0.1, 0.15) is 10.4 Å². The number of para-hydroxylation sites is 1. The van der Waals surface area contributed by atoms with E-state index in [-0.39, 0.29) is 18.1 Å². The minimum atomic E-state index is -0.341. The van der Waals surface area contributed by atoms with E-state index in [0.717, 1.165) is 5.69 Å². The summed E-state index contributed by atoms with van der Waals surface area (Å²) in [6.45, 7) is 0. The molecule has 26 heavy (non-hydrogen) atoms. The van der Waals surface area contributed by atoms with E-state index < -0.39 is 0 Å². The maximum atomic E-state index is 12.8. The van der Waals surface area contributed by atoms with Gasteiger partial charge in [-0.3, -0.25) is 4.79 Å². The molecule has 0 spiro atoms. The smallest absolute Gasteiger partial charge is 0.244 e. The fourth-order valence-electron chi connectivity index (χ4n) is 2.08. The summed E-state index contributed by atoms with van der Waals surface area (Å²) < 4.78 is 12.8. The number of hydrazone groups is 1. The Hall–Kier alpha value is -2.77. The largest absolute Gasteiger partial charge is 0.331 e. The topological polar surface area (TPSA) is 66.4 Å². The molecule has 5 nitrogen and oxygen atoms in total. The molecule has 0 unspecified atom stereocenters. The molecule has 3 aromatic rings. The van der Waals surface area contributed by atoms with Crippen LogP contribution in [-0.2, 0) is 11.2 Å². The average molecular weight is 389 g/mol. The van der Waals surface area contributed by atoms with Crippen LogP contribution in [0.4, 0.5) is 15.2 Å². The van der Waals surface area contributed by atoms with Crippen molar-refractivity contribution in [3.8, 4) is 0 Å². The van der Waals surface area contributed by atoms with Gasteiger partial charge in [0.05, 0.1) is 17.5 Å². The number of anilines is 2. The summed E-state index contributed by atoms with van der Waals surface area (Å²) >= 11 is 7.41. The number of halogens is 2. The van der Waals surface area contributed by atoms with Crippen LogP contribution in [0.25, 0.3) is 0 Å². The number of benzene rings is 2. The molecule has 8 heteroatoms. The maximum absolute atomic E-state index is 12.8. The van der Waals surface area contributed by atoms with Gasteiger partial charge in [0.2, 0.25) is 5.91 Å². The molecule has 0 atom stereocenters. The van der Waals surface area contributed by atoms with Gasteiger partial charge in [-0.25, -0.2) is 14.8 Å². The highest BCUT2D eigenvalue weighted by Gasteiger charge is 2.08. The first kappa shape index (κ1) is 18.0. The van der Waals surface area contributed by atoms with Gasteiger partial charge in [-0.1, -0.05) is 53.3 Å². The summed E-state index contributed by atoms with van der Waals surface area (Å²) in [6, 6.07) is 15.3. The van der Waals surface area contributed by atoms with Crippen molar-refractivity contribution < 1.29 is 9.18 Å². The van der Waals surface area contributed by atoms with Crippen molar-refractivity contribution in [3.05, 3.63) is 76.0 Å². The maximum Gasteiger partial charge on any atom is 0.244 e. The molecule has 1 heterocycles. The number of rotatable bonds is 6. The predicted molar refractivity (Wildman–Crippen MR) is 103 cm³/mol. The molecule has 0 radical (unpaired) electrons. The van der Waals surface area contributed by atoms with Crippen molar-refractivity contribution in [2.24, 2.45) is 5.10 Å². The fourth-order valence-corrected chi connectivity index (χ4v) is 3.13. The molecule has 2 N–H and O–H groups in total. The Balaban J connectivity index is 1.56. The summed E-state index contributed by atoms with van der Waals surface area (Å²) in [5.41, 5.74) is 4.01. The zero-order chi connectivity index (χ0) is 18.4. The van der Waals surface area contributed by atoms with Gasteiger partial charge < -0.3 is 5.32 Å². The minimum Gasteiger partial charge on any atom is -0.331 e. The zero-order valence-electron chi connectivity index (χ0n) is 13.4. The van der Waals surface area contributed by atoms with Crippen LogP contribution >= 0.6 is 22.9 Å². The third-order valence-corrected chi connectivity index (χ3v) is 4.59. The molecule has 2 aromatic carbocycles. The summed E-state index contributed by atoms with van der Waals surface area (Å²) in [6.07, 6.45) is 1.55. The lowest BCUT2D eigenvalue weighted by Gasteiger charge is -2.00. The lowest BCUT2D eigenvalue weighted by molar-refractivity contribution is -0.120. The second-order valence-corrected chi connectivity index (χ2v) is 6.65. The molecule has 1 aromatic heterocycles. The Morgan fingerprint density at radius 1 is 1.19 bits per heavy atom. The van der Waals surface area contributed by atoms with Gasteiger partial charge >= 0.3 is 0 Å². The summed E-state index contributed by atoms with van der Waals surface area (Å²) in [5.74, 6) is -0.650. The van der Waals surface area contributed by atoms with E-state index in [1.54, 1.807) is 12.1 Å². The fraction of sp³-hybridized carbons (Fsp3) is 0.0556. The highest BCUT2D eigenvalue weighted by molar-refractivity contribution is 7.17.